The Labute approximate surface area is 182 Å². The number of unbranched alkanes of at least 4 members (excludes halogenated alkanes) is 2. The van der Waals surface area contributed by atoms with Gasteiger partial charge in [0, 0.05) is 36.7 Å². The highest BCUT2D eigenvalue weighted by Gasteiger charge is 2.25. The molecule has 0 bridgehead atoms. The summed E-state index contributed by atoms with van der Waals surface area (Å²) in [5, 5.41) is 0. The quantitative estimate of drug-likeness (QED) is 0.459. The minimum atomic E-state index is -0.345. The van der Waals surface area contributed by atoms with Crippen molar-refractivity contribution < 1.29 is 9.53 Å². The average Bonchev–Trinajstić information content (AvgIpc) is 2.97. The van der Waals surface area contributed by atoms with E-state index in [1.807, 2.05) is 13.8 Å². The summed E-state index contributed by atoms with van der Waals surface area (Å²) < 4.78 is 7.85. The van der Waals surface area contributed by atoms with Crippen LogP contribution in [0, 0.1) is 6.92 Å². The Morgan fingerprint density at radius 3 is 2.27 bits per heavy atom. The molecule has 2 rings (SSSR count). The van der Waals surface area contributed by atoms with E-state index < -0.39 is 0 Å². The van der Waals surface area contributed by atoms with E-state index in [1.54, 1.807) is 0 Å². The van der Waals surface area contributed by atoms with Gasteiger partial charge in [0.15, 0.2) is 0 Å². The maximum Gasteiger partial charge on any atom is 0.251 e. The molecule has 4 nitrogen and oxygen atoms in total. The molecule has 1 amide bonds. The van der Waals surface area contributed by atoms with Crippen LogP contribution >= 0.6 is 0 Å². The summed E-state index contributed by atoms with van der Waals surface area (Å²) in [4.78, 5) is 12.5. The number of carbonyl (C=O) groups excluding carboxylic acids is 1. The van der Waals surface area contributed by atoms with E-state index in [2.05, 4.69) is 56.5 Å². The fraction of sp³-hybridized carbons (Fsp3) is 0.577. The molecule has 0 atom stereocenters. The first-order valence-electron chi connectivity index (χ1n) is 11.4. The number of carbonyl (C=O) groups is 1. The predicted molar refractivity (Wildman–Crippen MR) is 126 cm³/mol. The third kappa shape index (κ3) is 5.75. The first kappa shape index (κ1) is 24.2. The van der Waals surface area contributed by atoms with Crippen LogP contribution < -0.4 is 5.73 Å². The van der Waals surface area contributed by atoms with Crippen molar-refractivity contribution in [2.45, 2.75) is 85.6 Å². The topological polar surface area (TPSA) is 57.2 Å². The second-order valence-electron chi connectivity index (χ2n) is 9.13. The molecule has 1 aromatic heterocycles. The van der Waals surface area contributed by atoms with Gasteiger partial charge in [0.1, 0.15) is 0 Å². The summed E-state index contributed by atoms with van der Waals surface area (Å²) in [6.07, 6.45) is 5.33. The molecule has 0 spiro atoms. The number of benzene rings is 1. The highest BCUT2D eigenvalue weighted by molar-refractivity contribution is 6.02. The van der Waals surface area contributed by atoms with Crippen LogP contribution in [-0.2, 0) is 23.1 Å². The number of primary amides is 1. The van der Waals surface area contributed by atoms with Crippen molar-refractivity contribution >= 4 is 5.91 Å². The monoisotopic (exact) mass is 412 g/mol. The number of hydrogen-bond donors (Lipinski definition) is 1. The maximum atomic E-state index is 12.5. The lowest BCUT2D eigenvalue weighted by atomic mass is 9.86. The molecule has 0 unspecified atom stereocenters. The summed E-state index contributed by atoms with van der Waals surface area (Å²) in [6.45, 7) is 15.2. The number of ether oxygens (including phenoxy) is 1. The summed E-state index contributed by atoms with van der Waals surface area (Å²) in [5.41, 5.74) is 12.2. The Morgan fingerprint density at radius 1 is 1.07 bits per heavy atom. The van der Waals surface area contributed by atoms with E-state index in [0.29, 0.717) is 5.56 Å². The average molecular weight is 413 g/mol. The molecule has 2 aromatic rings. The van der Waals surface area contributed by atoms with Crippen molar-refractivity contribution in [1.29, 1.82) is 0 Å². The van der Waals surface area contributed by atoms with Crippen molar-refractivity contribution in [3.63, 3.8) is 0 Å². The molecule has 4 heteroatoms. The number of amides is 1. The van der Waals surface area contributed by atoms with Crippen molar-refractivity contribution in [3.8, 4) is 11.1 Å². The fourth-order valence-corrected chi connectivity index (χ4v) is 4.12. The number of nitrogens with zero attached hydrogens (tertiary/aromatic N) is 1. The Kier molecular flexibility index (Phi) is 8.72. The van der Waals surface area contributed by atoms with E-state index in [9.17, 15) is 4.79 Å². The molecule has 0 saturated carbocycles. The van der Waals surface area contributed by atoms with Gasteiger partial charge < -0.3 is 15.0 Å². The van der Waals surface area contributed by atoms with E-state index >= 15 is 0 Å². The van der Waals surface area contributed by atoms with Crippen LogP contribution in [0.15, 0.2) is 24.3 Å². The summed E-state index contributed by atoms with van der Waals surface area (Å²) in [7, 11) is 0. The van der Waals surface area contributed by atoms with Crippen LogP contribution in [0.25, 0.3) is 11.1 Å². The Hall–Kier alpha value is -2.07. The summed E-state index contributed by atoms with van der Waals surface area (Å²) >= 11 is 0. The molecule has 1 aromatic carbocycles. The number of nitrogens with two attached hydrogens (primary N) is 1. The maximum absolute atomic E-state index is 12.5. The third-order valence-corrected chi connectivity index (χ3v) is 5.81. The van der Waals surface area contributed by atoms with Crippen LogP contribution in [0.1, 0.15) is 87.6 Å². The Balaban J connectivity index is 2.55. The predicted octanol–water partition coefficient (Wildman–Crippen LogP) is 6.02. The van der Waals surface area contributed by atoms with Crippen molar-refractivity contribution in [2.75, 3.05) is 13.2 Å². The van der Waals surface area contributed by atoms with Gasteiger partial charge in [0.2, 0.25) is 0 Å². The van der Waals surface area contributed by atoms with Gasteiger partial charge in [-0.25, -0.2) is 0 Å². The zero-order chi connectivity index (χ0) is 22.3. The van der Waals surface area contributed by atoms with Gasteiger partial charge in [0.25, 0.3) is 5.91 Å². The Morgan fingerprint density at radius 2 is 1.73 bits per heavy atom. The number of aromatic nitrogens is 1. The van der Waals surface area contributed by atoms with Gasteiger partial charge in [-0.1, -0.05) is 64.8 Å². The molecule has 30 heavy (non-hydrogen) atoms. The van der Waals surface area contributed by atoms with E-state index in [-0.39, 0.29) is 11.3 Å². The lowest BCUT2D eigenvalue weighted by Crippen LogP contribution is -2.14. The molecule has 1 heterocycles. The first-order chi connectivity index (χ1) is 14.2. The molecule has 0 aliphatic rings. The molecule has 0 radical (unpaired) electrons. The highest BCUT2D eigenvalue weighted by atomic mass is 16.5. The molecular weight excluding hydrogens is 372 g/mol. The van der Waals surface area contributed by atoms with E-state index in [4.69, 9.17) is 10.5 Å². The first-order valence-corrected chi connectivity index (χ1v) is 11.4. The van der Waals surface area contributed by atoms with Crippen LogP contribution in [0.4, 0.5) is 0 Å². The van der Waals surface area contributed by atoms with Crippen LogP contribution in [0.2, 0.25) is 0 Å². The van der Waals surface area contributed by atoms with E-state index in [0.717, 1.165) is 55.8 Å². The van der Waals surface area contributed by atoms with Crippen molar-refractivity contribution in [3.05, 3.63) is 46.8 Å². The van der Waals surface area contributed by atoms with Gasteiger partial charge in [-0.15, -0.1) is 0 Å². The van der Waals surface area contributed by atoms with Crippen molar-refractivity contribution in [2.24, 2.45) is 5.73 Å². The molecule has 0 aliphatic heterocycles. The molecule has 0 aliphatic carbocycles. The smallest absolute Gasteiger partial charge is 0.251 e. The van der Waals surface area contributed by atoms with Gasteiger partial charge in [-0.05, 0) is 49.7 Å². The molecule has 2 N–H and O–H groups in total. The minimum Gasteiger partial charge on any atom is -0.382 e. The largest absolute Gasteiger partial charge is 0.382 e. The normalized spacial score (nSPS) is 11.8. The second-order valence-corrected chi connectivity index (χ2v) is 9.13. The molecule has 166 valence electrons. The standard InChI is InChI=1S/C26H40N2O2/c1-7-9-10-12-22-24(20-13-15-21(16-14-20)26(4,5)6)23(25(27)29)19(3)28(22)17-11-18-30-8-2/h13-16H,7-12,17-18H2,1-6H3,(H2,27,29). The van der Waals surface area contributed by atoms with Gasteiger partial charge in [0.05, 0.1) is 5.56 Å². The summed E-state index contributed by atoms with van der Waals surface area (Å²) in [6, 6.07) is 8.65. The zero-order valence-electron chi connectivity index (χ0n) is 19.8. The van der Waals surface area contributed by atoms with Gasteiger partial charge in [-0.2, -0.15) is 0 Å². The SMILES string of the molecule is CCCCCc1c(-c2ccc(C(C)(C)C)cc2)c(C(N)=O)c(C)n1CCCOCC. The molecule has 0 fully saturated rings. The van der Waals surface area contributed by atoms with Crippen LogP contribution in [-0.4, -0.2) is 23.7 Å². The fourth-order valence-electron chi connectivity index (χ4n) is 4.12. The van der Waals surface area contributed by atoms with Gasteiger partial charge in [-0.3, -0.25) is 4.79 Å². The van der Waals surface area contributed by atoms with Crippen molar-refractivity contribution in [1.82, 2.24) is 4.57 Å². The Bertz CT molecular complexity index is 826. The molecule has 0 saturated heterocycles. The van der Waals surface area contributed by atoms with Gasteiger partial charge >= 0.3 is 0 Å². The zero-order valence-corrected chi connectivity index (χ0v) is 19.8. The molecular formula is C26H40N2O2. The lowest BCUT2D eigenvalue weighted by Gasteiger charge is -2.19. The number of hydrogen-bond acceptors (Lipinski definition) is 2. The highest BCUT2D eigenvalue weighted by Crippen LogP contribution is 2.35. The third-order valence-electron chi connectivity index (χ3n) is 5.81. The second kappa shape index (κ2) is 10.8. The summed E-state index contributed by atoms with van der Waals surface area (Å²) in [5.74, 6) is -0.345. The minimum absolute atomic E-state index is 0.0934. The van der Waals surface area contributed by atoms with E-state index in [1.165, 1.54) is 24.1 Å². The van der Waals surface area contributed by atoms with Crippen LogP contribution in [0.5, 0.6) is 0 Å². The lowest BCUT2D eigenvalue weighted by molar-refractivity contribution is 0.1000. The number of rotatable bonds is 11. The van der Waals surface area contributed by atoms with Crippen LogP contribution in [0.3, 0.4) is 0 Å².